The highest BCUT2D eigenvalue weighted by Crippen LogP contribution is 2.42. The number of carbonyl (C=O) groups is 1. The van der Waals surface area contributed by atoms with Gasteiger partial charge in [0.2, 0.25) is 0 Å². The Kier molecular flexibility index (Phi) is 3.29. The number of phenols is 1. The summed E-state index contributed by atoms with van der Waals surface area (Å²) in [5.74, 6) is 0.344. The van der Waals surface area contributed by atoms with Crippen molar-refractivity contribution in [3.8, 4) is 17.2 Å². The van der Waals surface area contributed by atoms with E-state index in [4.69, 9.17) is 9.47 Å². The zero-order valence-corrected chi connectivity index (χ0v) is 11.9. The highest BCUT2D eigenvalue weighted by molar-refractivity contribution is 6.07. The average Bonchev–Trinajstić information content (AvgIpc) is 2.47. The zero-order valence-electron chi connectivity index (χ0n) is 11.9. The molecule has 0 saturated carbocycles. The Balaban J connectivity index is 2.00. The van der Waals surface area contributed by atoms with Gasteiger partial charge in [-0.1, -0.05) is 24.3 Å². The Morgan fingerprint density at radius 1 is 1.19 bits per heavy atom. The fourth-order valence-electron chi connectivity index (χ4n) is 2.77. The van der Waals surface area contributed by atoms with Crippen molar-refractivity contribution in [1.29, 1.82) is 0 Å². The Hall–Kier alpha value is -2.49. The van der Waals surface area contributed by atoms with Gasteiger partial charge in [-0.2, -0.15) is 0 Å². The molecule has 0 bridgehead atoms. The molecule has 0 spiro atoms. The van der Waals surface area contributed by atoms with Crippen molar-refractivity contribution in [3.05, 3.63) is 53.1 Å². The maximum Gasteiger partial charge on any atom is 0.178 e. The van der Waals surface area contributed by atoms with E-state index in [-0.39, 0.29) is 23.0 Å². The van der Waals surface area contributed by atoms with Gasteiger partial charge in [0.25, 0.3) is 0 Å². The van der Waals surface area contributed by atoms with Crippen LogP contribution in [0.15, 0.2) is 36.4 Å². The van der Waals surface area contributed by atoms with E-state index in [1.165, 1.54) is 25.8 Å². The molecular weight excluding hydrogens is 268 g/mol. The Morgan fingerprint density at radius 3 is 2.62 bits per heavy atom. The Morgan fingerprint density at radius 2 is 1.95 bits per heavy atom. The molecule has 1 aliphatic carbocycles. The van der Waals surface area contributed by atoms with Crippen molar-refractivity contribution in [2.45, 2.75) is 12.3 Å². The average molecular weight is 284 g/mol. The van der Waals surface area contributed by atoms with Crippen LogP contribution in [0, 0.1) is 0 Å². The molecule has 1 aliphatic rings. The number of Topliss-reactive ketones (excluding diaryl/α,β-unsaturated/α-hetero) is 1. The van der Waals surface area contributed by atoms with Crippen LogP contribution in [0.1, 0.15) is 27.4 Å². The first-order valence-electron chi connectivity index (χ1n) is 6.72. The van der Waals surface area contributed by atoms with Crippen LogP contribution in [0.2, 0.25) is 0 Å². The number of rotatable bonds is 4. The monoisotopic (exact) mass is 284 g/mol. The van der Waals surface area contributed by atoms with Gasteiger partial charge >= 0.3 is 0 Å². The molecule has 2 aromatic carbocycles. The van der Waals surface area contributed by atoms with Gasteiger partial charge in [-0.3, -0.25) is 4.79 Å². The molecule has 1 N–H and O–H groups in total. The van der Waals surface area contributed by atoms with Gasteiger partial charge in [0, 0.05) is 12.1 Å². The molecule has 0 aliphatic heterocycles. The maximum absolute atomic E-state index is 12.7. The summed E-state index contributed by atoms with van der Waals surface area (Å²) < 4.78 is 10.3. The van der Waals surface area contributed by atoms with E-state index in [9.17, 15) is 9.90 Å². The van der Waals surface area contributed by atoms with Crippen LogP contribution in [0.25, 0.3) is 0 Å². The van der Waals surface area contributed by atoms with Crippen LogP contribution in [-0.2, 0) is 6.42 Å². The number of hydrogen-bond donors (Lipinski definition) is 1. The third-order valence-corrected chi connectivity index (χ3v) is 3.93. The molecule has 108 valence electrons. The van der Waals surface area contributed by atoms with Crippen LogP contribution in [0.5, 0.6) is 17.2 Å². The van der Waals surface area contributed by atoms with Crippen molar-refractivity contribution in [3.63, 3.8) is 0 Å². The molecule has 0 unspecified atom stereocenters. The Labute approximate surface area is 122 Å². The van der Waals surface area contributed by atoms with Gasteiger partial charge in [-0.05, 0) is 17.5 Å². The molecule has 1 atom stereocenters. The van der Waals surface area contributed by atoms with E-state index < -0.39 is 0 Å². The van der Waals surface area contributed by atoms with Crippen molar-refractivity contribution >= 4 is 5.78 Å². The van der Waals surface area contributed by atoms with Crippen LogP contribution < -0.4 is 9.47 Å². The number of aromatic hydroxyl groups is 1. The molecule has 0 amide bonds. The first kappa shape index (κ1) is 13.5. The largest absolute Gasteiger partial charge is 0.507 e. The SMILES string of the molecule is COc1cc(O)c(C(=O)[C@H]2Cc3ccccc32)c(OC)c1. The molecular formula is C17H16O4. The Bertz CT molecular complexity index is 706. The number of ether oxygens (including phenoxy) is 2. The first-order valence-corrected chi connectivity index (χ1v) is 6.72. The predicted octanol–water partition coefficient (Wildman–Crippen LogP) is 2.93. The van der Waals surface area contributed by atoms with Crippen molar-refractivity contribution < 1.29 is 19.4 Å². The van der Waals surface area contributed by atoms with Gasteiger partial charge in [0.05, 0.1) is 20.1 Å². The number of carbonyl (C=O) groups excluding carboxylic acids is 1. The summed E-state index contributed by atoms with van der Waals surface area (Å²) in [6, 6.07) is 10.9. The van der Waals surface area contributed by atoms with Crippen LogP contribution >= 0.6 is 0 Å². The van der Waals surface area contributed by atoms with Crippen LogP contribution in [0.3, 0.4) is 0 Å². The van der Waals surface area contributed by atoms with Gasteiger partial charge in [0.1, 0.15) is 22.8 Å². The number of fused-ring (bicyclic) bond motifs is 1. The minimum atomic E-state index is -0.214. The predicted molar refractivity (Wildman–Crippen MR) is 78.4 cm³/mol. The molecule has 4 nitrogen and oxygen atoms in total. The molecule has 0 saturated heterocycles. The van der Waals surface area contributed by atoms with Crippen LogP contribution in [0.4, 0.5) is 0 Å². The van der Waals surface area contributed by atoms with E-state index in [0.717, 1.165) is 5.56 Å². The third kappa shape index (κ3) is 2.13. The number of hydrogen-bond acceptors (Lipinski definition) is 4. The molecule has 4 heteroatoms. The van der Waals surface area contributed by atoms with Crippen molar-refractivity contribution in [2.75, 3.05) is 14.2 Å². The fraction of sp³-hybridized carbons (Fsp3) is 0.235. The molecule has 2 aromatic rings. The second-order valence-corrected chi connectivity index (χ2v) is 5.04. The molecule has 0 radical (unpaired) electrons. The van der Waals surface area contributed by atoms with Gasteiger partial charge in [0.15, 0.2) is 5.78 Å². The molecule has 0 fully saturated rings. The quantitative estimate of drug-likeness (QED) is 0.877. The lowest BCUT2D eigenvalue weighted by Crippen LogP contribution is -2.25. The molecule has 0 aromatic heterocycles. The topological polar surface area (TPSA) is 55.8 Å². The number of benzene rings is 2. The summed E-state index contributed by atoms with van der Waals surface area (Å²) in [5.41, 5.74) is 2.43. The summed E-state index contributed by atoms with van der Waals surface area (Å²) in [6.45, 7) is 0. The smallest absolute Gasteiger partial charge is 0.178 e. The first-order chi connectivity index (χ1) is 10.2. The summed E-state index contributed by atoms with van der Waals surface area (Å²) in [5, 5.41) is 10.1. The second kappa shape index (κ2) is 5.13. The third-order valence-electron chi connectivity index (χ3n) is 3.93. The summed E-state index contributed by atoms with van der Waals surface area (Å²) in [4.78, 5) is 12.7. The minimum Gasteiger partial charge on any atom is -0.507 e. The number of phenolic OH excluding ortho intramolecular Hbond substituents is 1. The van der Waals surface area contributed by atoms with Crippen molar-refractivity contribution in [2.24, 2.45) is 0 Å². The highest BCUT2D eigenvalue weighted by atomic mass is 16.5. The van der Waals surface area contributed by atoms with E-state index in [2.05, 4.69) is 0 Å². The highest BCUT2D eigenvalue weighted by Gasteiger charge is 2.35. The second-order valence-electron chi connectivity index (χ2n) is 5.04. The lowest BCUT2D eigenvalue weighted by atomic mass is 9.73. The van der Waals surface area contributed by atoms with Gasteiger partial charge in [-0.15, -0.1) is 0 Å². The minimum absolute atomic E-state index is 0.111. The van der Waals surface area contributed by atoms with E-state index in [1.54, 1.807) is 6.07 Å². The van der Waals surface area contributed by atoms with Crippen LogP contribution in [-0.4, -0.2) is 25.1 Å². The molecule has 0 heterocycles. The fourth-order valence-corrected chi connectivity index (χ4v) is 2.77. The summed E-state index contributed by atoms with van der Waals surface area (Å²) >= 11 is 0. The normalized spacial score (nSPS) is 15.8. The van der Waals surface area contributed by atoms with E-state index in [0.29, 0.717) is 17.9 Å². The zero-order chi connectivity index (χ0) is 15.0. The van der Waals surface area contributed by atoms with E-state index in [1.807, 2.05) is 24.3 Å². The van der Waals surface area contributed by atoms with Gasteiger partial charge in [-0.25, -0.2) is 0 Å². The molecule has 3 rings (SSSR count). The van der Waals surface area contributed by atoms with Gasteiger partial charge < -0.3 is 14.6 Å². The summed E-state index contributed by atoms with van der Waals surface area (Å²) in [6.07, 6.45) is 0.698. The molecule has 21 heavy (non-hydrogen) atoms. The number of methoxy groups -OCH3 is 2. The van der Waals surface area contributed by atoms with Crippen molar-refractivity contribution in [1.82, 2.24) is 0 Å². The number of ketones is 1. The lowest BCUT2D eigenvalue weighted by molar-refractivity contribution is 0.0943. The maximum atomic E-state index is 12.7. The van der Waals surface area contributed by atoms with E-state index >= 15 is 0 Å². The lowest BCUT2D eigenvalue weighted by Gasteiger charge is -2.29. The summed E-state index contributed by atoms with van der Waals surface area (Å²) in [7, 11) is 2.97. The standard InChI is InChI=1S/C17H16O4/c1-20-11-8-14(18)16(15(9-11)21-2)17(19)13-7-10-5-3-4-6-12(10)13/h3-6,8-9,13,18H,7H2,1-2H3/t13-/m0/s1.